The number of hydrogen-bond acceptors (Lipinski definition) is 5. The number of carbonyl (C=O) groups excluding carboxylic acids is 1. The van der Waals surface area contributed by atoms with Gasteiger partial charge in [-0.3, -0.25) is 14.3 Å². The van der Waals surface area contributed by atoms with Gasteiger partial charge >= 0.3 is 6.18 Å². The third-order valence-corrected chi connectivity index (χ3v) is 7.19. The number of anilines is 2. The maximum atomic E-state index is 13.2. The number of alkyl halides is 3. The second-order valence-electron chi connectivity index (χ2n) is 9.61. The number of hydrogen-bond donors (Lipinski definition) is 3. The summed E-state index contributed by atoms with van der Waals surface area (Å²) in [6, 6.07) is 17.8. The lowest BCUT2D eigenvalue weighted by Gasteiger charge is -2.11. The summed E-state index contributed by atoms with van der Waals surface area (Å²) in [5.74, 6) is -1.17. The molecule has 15 heteroatoms. The Hall–Kier alpha value is -4.95. The molecule has 0 saturated heterocycles. The van der Waals surface area contributed by atoms with Crippen molar-refractivity contribution < 1.29 is 23.1 Å². The van der Waals surface area contributed by atoms with Gasteiger partial charge in [0.25, 0.3) is 5.56 Å². The van der Waals surface area contributed by atoms with Crippen molar-refractivity contribution in [3.63, 3.8) is 0 Å². The van der Waals surface area contributed by atoms with Crippen molar-refractivity contribution in [2.45, 2.75) is 19.6 Å². The Balaban J connectivity index is 1.41. The summed E-state index contributed by atoms with van der Waals surface area (Å²) in [6.45, 7) is 1.26. The average Bonchev–Trinajstić information content (AvgIpc) is 3.35. The minimum atomic E-state index is -4.58. The van der Waals surface area contributed by atoms with Crippen LogP contribution in [0.3, 0.4) is 0 Å². The van der Waals surface area contributed by atoms with E-state index in [9.17, 15) is 27.9 Å². The van der Waals surface area contributed by atoms with Crippen molar-refractivity contribution in [1.29, 1.82) is 0 Å². The molecule has 0 fully saturated rings. The van der Waals surface area contributed by atoms with Crippen LogP contribution in [0.1, 0.15) is 11.3 Å². The van der Waals surface area contributed by atoms with Gasteiger partial charge < -0.3 is 20.3 Å². The van der Waals surface area contributed by atoms with Gasteiger partial charge in [0.1, 0.15) is 12.2 Å². The van der Waals surface area contributed by atoms with Crippen molar-refractivity contribution in [3.8, 4) is 11.6 Å². The lowest BCUT2D eigenvalue weighted by atomic mass is 10.2. The molecule has 0 atom stereocenters. The lowest BCUT2D eigenvalue weighted by molar-refractivity contribution is -0.137. The zero-order valence-electron chi connectivity index (χ0n) is 23.1. The first-order chi connectivity index (χ1) is 20.8. The summed E-state index contributed by atoms with van der Waals surface area (Å²) in [6.07, 6.45) is -4.58. The number of azo groups is 1. The van der Waals surface area contributed by atoms with Gasteiger partial charge in [0.15, 0.2) is 5.69 Å². The van der Waals surface area contributed by atoms with E-state index in [0.717, 1.165) is 12.1 Å². The third kappa shape index (κ3) is 6.07. The minimum absolute atomic E-state index is 0.0648. The minimum Gasteiger partial charge on any atom is -0.493 e. The monoisotopic (exact) mass is 641 g/mol. The van der Waals surface area contributed by atoms with Crippen LogP contribution in [0.15, 0.2) is 87.8 Å². The van der Waals surface area contributed by atoms with E-state index in [4.69, 9.17) is 23.8 Å². The molecule has 5 aromatic rings. The highest BCUT2D eigenvalue weighted by atomic mass is 35.5. The topological polar surface area (TPSA) is 118 Å². The predicted octanol–water partition coefficient (Wildman–Crippen LogP) is 6.94. The van der Waals surface area contributed by atoms with Gasteiger partial charge in [-0.05, 0) is 67.7 Å². The van der Waals surface area contributed by atoms with Crippen molar-refractivity contribution >= 4 is 62.8 Å². The summed E-state index contributed by atoms with van der Waals surface area (Å²) < 4.78 is 43.6. The summed E-state index contributed by atoms with van der Waals surface area (Å²) in [4.78, 5) is 26.0. The van der Waals surface area contributed by atoms with Gasteiger partial charge in [-0.15, -0.1) is 10.2 Å². The number of thiocarbonyl (C=S) groups is 1. The number of benzene rings is 3. The van der Waals surface area contributed by atoms with Gasteiger partial charge in [-0.2, -0.15) is 13.2 Å². The molecule has 0 unspecified atom stereocenters. The molecule has 3 aromatic carbocycles. The molecular weight excluding hydrogens is 619 g/mol. The standard InChI is InChI=1S/C29H23ClF3N7O3S/c1-16-24(27(43)40(38(16)2)20-9-4-3-5-10-20)35-28(44)37-36-25-21-14-18(30)11-12-22(21)39(26(25)42)15-23(41)34-19-8-6-7-17(13-19)29(31,32)33/h3-14,42H,15H2,1-2H3,(H,34,41)(H,35,44). The number of nitrogens with zero attached hydrogens (tertiary/aromatic N) is 5. The van der Waals surface area contributed by atoms with E-state index in [2.05, 4.69) is 20.9 Å². The summed E-state index contributed by atoms with van der Waals surface area (Å²) in [5, 5.41) is 24.8. The van der Waals surface area contributed by atoms with Crippen molar-refractivity contribution in [2.24, 2.45) is 17.3 Å². The quantitative estimate of drug-likeness (QED) is 0.137. The first-order valence-electron chi connectivity index (χ1n) is 12.9. The number of fused-ring (bicyclic) bond motifs is 1. The fourth-order valence-corrected chi connectivity index (χ4v) is 4.93. The zero-order valence-corrected chi connectivity index (χ0v) is 24.6. The van der Waals surface area contributed by atoms with E-state index in [1.54, 1.807) is 49.0 Å². The summed E-state index contributed by atoms with van der Waals surface area (Å²) >= 11 is 11.5. The Morgan fingerprint density at radius 3 is 2.48 bits per heavy atom. The Morgan fingerprint density at radius 2 is 1.77 bits per heavy atom. The molecule has 44 heavy (non-hydrogen) atoms. The van der Waals surface area contributed by atoms with E-state index in [1.165, 1.54) is 33.5 Å². The molecule has 0 radical (unpaired) electrons. The molecule has 3 N–H and O–H groups in total. The number of para-hydroxylation sites is 1. The van der Waals surface area contributed by atoms with Crippen LogP contribution in [0.25, 0.3) is 16.6 Å². The fourth-order valence-electron chi connectivity index (χ4n) is 4.61. The SMILES string of the molecule is Cc1c(NC(=S)N=Nc2c(O)n(CC(=O)Nc3cccc(C(F)(F)F)c3)c3ccc(Cl)cc23)c(=O)n(-c2ccccc2)n1C. The molecule has 5 rings (SSSR count). The Labute approximate surface area is 258 Å². The first kappa shape index (κ1) is 30.5. The van der Waals surface area contributed by atoms with Crippen molar-refractivity contribution in [1.82, 2.24) is 13.9 Å². The third-order valence-electron chi connectivity index (χ3n) is 6.77. The van der Waals surface area contributed by atoms with Crippen LogP contribution in [-0.2, 0) is 24.6 Å². The highest BCUT2D eigenvalue weighted by molar-refractivity contribution is 7.80. The average molecular weight is 642 g/mol. The van der Waals surface area contributed by atoms with Crippen LogP contribution in [0.4, 0.5) is 30.2 Å². The lowest BCUT2D eigenvalue weighted by Crippen LogP contribution is -2.21. The van der Waals surface area contributed by atoms with Crippen LogP contribution in [0, 0.1) is 6.92 Å². The Bertz CT molecular complexity index is 2000. The zero-order chi connectivity index (χ0) is 31.8. The number of aromatic nitrogens is 3. The van der Waals surface area contributed by atoms with E-state index in [-0.39, 0.29) is 27.7 Å². The number of aromatic hydroxyl groups is 1. The normalized spacial score (nSPS) is 11.8. The molecule has 10 nitrogen and oxygen atoms in total. The fraction of sp³-hybridized carbons (Fsp3) is 0.138. The molecule has 0 bridgehead atoms. The smallest absolute Gasteiger partial charge is 0.416 e. The highest BCUT2D eigenvalue weighted by Gasteiger charge is 2.30. The first-order valence-corrected chi connectivity index (χ1v) is 13.7. The molecule has 0 aliphatic carbocycles. The molecule has 0 aliphatic rings. The van der Waals surface area contributed by atoms with Crippen LogP contribution >= 0.6 is 23.8 Å². The molecule has 0 aliphatic heterocycles. The van der Waals surface area contributed by atoms with Gasteiger partial charge in [0.05, 0.1) is 22.5 Å². The summed E-state index contributed by atoms with van der Waals surface area (Å²) in [7, 11) is 1.72. The molecule has 0 saturated carbocycles. The molecule has 2 aromatic heterocycles. The largest absolute Gasteiger partial charge is 0.493 e. The van der Waals surface area contributed by atoms with Crippen molar-refractivity contribution in [2.75, 3.05) is 10.6 Å². The number of nitrogens with one attached hydrogen (secondary N) is 2. The second kappa shape index (κ2) is 12.0. The van der Waals surface area contributed by atoms with E-state index >= 15 is 0 Å². The molecule has 226 valence electrons. The van der Waals surface area contributed by atoms with Gasteiger partial charge in [-0.1, -0.05) is 35.9 Å². The van der Waals surface area contributed by atoms with Crippen LogP contribution < -0.4 is 16.2 Å². The molecule has 1 amide bonds. The Morgan fingerprint density at radius 1 is 1.05 bits per heavy atom. The van der Waals surface area contributed by atoms with Crippen LogP contribution in [0.2, 0.25) is 5.02 Å². The highest BCUT2D eigenvalue weighted by Crippen LogP contribution is 2.40. The number of halogens is 4. The second-order valence-corrected chi connectivity index (χ2v) is 10.4. The maximum Gasteiger partial charge on any atom is 0.416 e. The van der Waals surface area contributed by atoms with Crippen LogP contribution in [-0.4, -0.2) is 30.1 Å². The van der Waals surface area contributed by atoms with Crippen molar-refractivity contribution in [3.05, 3.63) is 99.4 Å². The molecular formula is C29H23ClF3N7O3S. The Kier molecular flexibility index (Phi) is 8.30. The van der Waals surface area contributed by atoms with Crippen LogP contribution in [0.5, 0.6) is 5.88 Å². The predicted molar refractivity (Wildman–Crippen MR) is 165 cm³/mol. The van der Waals surface area contributed by atoms with E-state index < -0.39 is 30.1 Å². The van der Waals surface area contributed by atoms with Gasteiger partial charge in [-0.25, -0.2) is 4.68 Å². The molecule has 2 heterocycles. The number of carbonyl (C=O) groups is 1. The van der Waals surface area contributed by atoms with E-state index in [0.29, 0.717) is 27.3 Å². The maximum absolute atomic E-state index is 13.2. The van der Waals surface area contributed by atoms with E-state index in [1.807, 2.05) is 6.07 Å². The van der Waals surface area contributed by atoms with Gasteiger partial charge in [0, 0.05) is 23.1 Å². The molecule has 0 spiro atoms. The number of rotatable bonds is 6. The van der Waals surface area contributed by atoms with Gasteiger partial charge in [0.2, 0.25) is 16.9 Å². The summed E-state index contributed by atoms with van der Waals surface area (Å²) in [5.41, 5.74) is 0.338. The number of amides is 1.